The number of ether oxygens (including phenoxy) is 2. The number of methoxy groups -OCH3 is 1. The largest absolute Gasteiger partial charge is 0.485 e. The molecule has 1 heterocycles. The van der Waals surface area contributed by atoms with Crippen LogP contribution in [-0.4, -0.2) is 45.3 Å². The van der Waals surface area contributed by atoms with Gasteiger partial charge in [0.25, 0.3) is 10.1 Å². The molecule has 9 nitrogen and oxygen atoms in total. The van der Waals surface area contributed by atoms with Gasteiger partial charge in [-0.05, 0) is 39.0 Å². The highest BCUT2D eigenvalue weighted by Crippen LogP contribution is 2.44. The summed E-state index contributed by atoms with van der Waals surface area (Å²) in [5.41, 5.74) is -0.349. The smallest absolute Gasteiger partial charge is 0.337 e. The number of benzene rings is 1. The summed E-state index contributed by atoms with van der Waals surface area (Å²) in [6, 6.07) is 3.81. The molecule has 2 unspecified atom stereocenters. The first-order valence-electron chi connectivity index (χ1n) is 7.97. The van der Waals surface area contributed by atoms with E-state index in [4.69, 9.17) is 18.9 Å². The number of rotatable bonds is 4. The van der Waals surface area contributed by atoms with Gasteiger partial charge < -0.3 is 9.47 Å². The van der Waals surface area contributed by atoms with Crippen molar-refractivity contribution in [3.63, 3.8) is 0 Å². The van der Waals surface area contributed by atoms with Crippen LogP contribution in [0.5, 0.6) is 5.75 Å². The van der Waals surface area contributed by atoms with Gasteiger partial charge in [-0.15, -0.1) is 0 Å². The van der Waals surface area contributed by atoms with Gasteiger partial charge in [-0.2, -0.15) is 13.7 Å². The molecule has 1 N–H and O–H groups in total. The third kappa shape index (κ3) is 4.75. The summed E-state index contributed by atoms with van der Waals surface area (Å²) in [7, 11) is -2.58. The molecule has 2 atom stereocenters. The van der Waals surface area contributed by atoms with Crippen LogP contribution in [-0.2, 0) is 19.0 Å². The lowest BCUT2D eigenvalue weighted by Gasteiger charge is -2.42. The second-order valence-corrected chi connectivity index (χ2v) is 8.17. The van der Waals surface area contributed by atoms with Crippen LogP contribution in [0.4, 0.5) is 0 Å². The molecule has 27 heavy (non-hydrogen) atoms. The standard InChI is InChI=1S/C17H21N3O6S/c1-10(19-9-18)20-14-12-8-11(16(21)24-4)6-7-13(12)25-17(2,3)15(14)26-27(5,22)23/h6-8,14-15H,1-5H3,(H,19,20). The number of fused-ring (bicyclic) bond motifs is 1. The first-order valence-corrected chi connectivity index (χ1v) is 9.79. The van der Waals surface area contributed by atoms with Crippen molar-refractivity contribution < 1.29 is 26.9 Å². The molecule has 146 valence electrons. The van der Waals surface area contributed by atoms with E-state index in [-0.39, 0.29) is 11.4 Å². The third-order valence-electron chi connectivity index (χ3n) is 3.94. The van der Waals surface area contributed by atoms with Crippen LogP contribution in [0.2, 0.25) is 0 Å². The average molecular weight is 395 g/mol. The van der Waals surface area contributed by atoms with Gasteiger partial charge in [0.05, 0.1) is 18.9 Å². The fourth-order valence-electron chi connectivity index (χ4n) is 2.82. The summed E-state index contributed by atoms with van der Waals surface area (Å²) in [6.45, 7) is 4.91. The number of esters is 1. The SMILES string of the molecule is COC(=O)c1ccc2c(c1)C(N=C(C)NC#N)C(OS(C)(=O)=O)C(C)(C)O2. The number of carbonyl (C=O) groups is 1. The zero-order chi connectivity index (χ0) is 20.4. The van der Waals surface area contributed by atoms with Gasteiger partial charge in [0.1, 0.15) is 29.3 Å². The Hall–Kier alpha value is -2.64. The Morgan fingerprint density at radius 1 is 1.41 bits per heavy atom. The molecule has 0 aliphatic carbocycles. The van der Waals surface area contributed by atoms with Gasteiger partial charge in [-0.25, -0.2) is 4.79 Å². The number of carbonyl (C=O) groups excluding carboxylic acids is 1. The van der Waals surface area contributed by atoms with Crippen molar-refractivity contribution >= 4 is 21.9 Å². The molecule has 1 aromatic carbocycles. The summed E-state index contributed by atoms with van der Waals surface area (Å²) in [4.78, 5) is 16.3. The Morgan fingerprint density at radius 2 is 2.07 bits per heavy atom. The maximum Gasteiger partial charge on any atom is 0.337 e. The van der Waals surface area contributed by atoms with E-state index in [2.05, 4.69) is 10.3 Å². The van der Waals surface area contributed by atoms with Crippen molar-refractivity contribution in [2.24, 2.45) is 4.99 Å². The van der Waals surface area contributed by atoms with Gasteiger partial charge in [-0.3, -0.25) is 14.5 Å². The van der Waals surface area contributed by atoms with E-state index in [1.807, 2.05) is 0 Å². The van der Waals surface area contributed by atoms with E-state index in [1.165, 1.54) is 13.2 Å². The monoisotopic (exact) mass is 395 g/mol. The van der Waals surface area contributed by atoms with Gasteiger partial charge in [0.2, 0.25) is 0 Å². The minimum Gasteiger partial charge on any atom is -0.485 e. The molecular weight excluding hydrogens is 374 g/mol. The predicted octanol–water partition coefficient (Wildman–Crippen LogP) is 1.52. The van der Waals surface area contributed by atoms with Crippen molar-refractivity contribution in [1.82, 2.24) is 5.32 Å². The highest BCUT2D eigenvalue weighted by atomic mass is 32.2. The summed E-state index contributed by atoms with van der Waals surface area (Å²) < 4.78 is 39.6. The van der Waals surface area contributed by atoms with Gasteiger partial charge >= 0.3 is 5.97 Å². The van der Waals surface area contributed by atoms with Crippen LogP contribution in [0.15, 0.2) is 23.2 Å². The third-order valence-corrected chi connectivity index (χ3v) is 4.50. The molecule has 0 radical (unpaired) electrons. The zero-order valence-corrected chi connectivity index (χ0v) is 16.5. The number of nitriles is 1. The van der Waals surface area contributed by atoms with E-state index in [9.17, 15) is 13.2 Å². The number of hydrogen-bond acceptors (Lipinski definition) is 8. The van der Waals surface area contributed by atoms with E-state index < -0.39 is 33.8 Å². The molecule has 1 aliphatic rings. The Labute approximate surface area is 158 Å². The van der Waals surface area contributed by atoms with Crippen molar-refractivity contribution in [3.05, 3.63) is 29.3 Å². The molecule has 2 rings (SSSR count). The Bertz CT molecular complexity index is 917. The van der Waals surface area contributed by atoms with E-state index >= 15 is 0 Å². The number of nitrogens with one attached hydrogen (secondary N) is 1. The molecule has 0 fully saturated rings. The summed E-state index contributed by atoms with van der Waals surface area (Å²) in [5.74, 6) is 0.133. The van der Waals surface area contributed by atoms with Crippen molar-refractivity contribution in [3.8, 4) is 11.9 Å². The predicted molar refractivity (Wildman–Crippen MR) is 96.8 cm³/mol. The van der Waals surface area contributed by atoms with Crippen LogP contribution in [0.25, 0.3) is 0 Å². The van der Waals surface area contributed by atoms with Crippen molar-refractivity contribution in [2.75, 3.05) is 13.4 Å². The molecule has 1 aliphatic heterocycles. The number of amidine groups is 1. The number of nitrogens with zero attached hydrogens (tertiary/aromatic N) is 2. The molecule has 0 saturated carbocycles. The Morgan fingerprint density at radius 3 is 2.63 bits per heavy atom. The highest BCUT2D eigenvalue weighted by Gasteiger charge is 2.47. The van der Waals surface area contributed by atoms with Crippen LogP contribution < -0.4 is 10.1 Å². The number of hydrogen-bond donors (Lipinski definition) is 1. The summed E-state index contributed by atoms with van der Waals surface area (Å²) in [6.07, 6.45) is 1.67. The second-order valence-electron chi connectivity index (χ2n) is 6.57. The highest BCUT2D eigenvalue weighted by molar-refractivity contribution is 7.86. The summed E-state index contributed by atoms with van der Waals surface area (Å²) >= 11 is 0. The maximum atomic E-state index is 11.9. The molecule has 0 amide bonds. The lowest BCUT2D eigenvalue weighted by Crippen LogP contribution is -2.51. The molecular formula is C17H21N3O6S. The average Bonchev–Trinajstić information content (AvgIpc) is 2.56. The van der Waals surface area contributed by atoms with Gasteiger partial charge in [0.15, 0.2) is 6.19 Å². The van der Waals surface area contributed by atoms with Crippen molar-refractivity contribution in [2.45, 2.75) is 38.5 Å². The molecule has 1 aromatic rings. The normalized spacial score (nSPS) is 21.4. The molecule has 0 bridgehead atoms. The molecule has 10 heteroatoms. The van der Waals surface area contributed by atoms with Gasteiger partial charge in [-0.1, -0.05) is 0 Å². The number of aliphatic imine (C=N–C) groups is 1. The first-order chi connectivity index (χ1) is 12.5. The van der Waals surface area contributed by atoms with E-state index in [1.54, 1.807) is 39.1 Å². The van der Waals surface area contributed by atoms with Crippen LogP contribution in [0, 0.1) is 11.5 Å². The zero-order valence-electron chi connectivity index (χ0n) is 15.6. The minimum absolute atomic E-state index is 0.253. The van der Waals surface area contributed by atoms with Crippen LogP contribution >= 0.6 is 0 Å². The summed E-state index contributed by atoms with van der Waals surface area (Å²) in [5, 5.41) is 11.2. The van der Waals surface area contributed by atoms with Gasteiger partial charge in [0, 0.05) is 5.56 Å². The molecule has 0 saturated heterocycles. The molecule has 0 spiro atoms. The quantitative estimate of drug-likeness (QED) is 0.203. The van der Waals surface area contributed by atoms with Crippen LogP contribution in [0.1, 0.15) is 42.7 Å². The Kier molecular flexibility index (Phi) is 5.77. The maximum absolute atomic E-state index is 11.9. The van der Waals surface area contributed by atoms with E-state index in [0.29, 0.717) is 11.3 Å². The van der Waals surface area contributed by atoms with Crippen molar-refractivity contribution in [1.29, 1.82) is 5.26 Å². The lowest BCUT2D eigenvalue weighted by atomic mass is 9.86. The topological polar surface area (TPSA) is 127 Å². The fraction of sp³-hybridized carbons (Fsp3) is 0.471. The second kappa shape index (κ2) is 7.54. The fourth-order valence-corrected chi connectivity index (χ4v) is 3.53. The Balaban J connectivity index is 2.67. The first kappa shape index (κ1) is 20.7. The van der Waals surface area contributed by atoms with Crippen LogP contribution in [0.3, 0.4) is 0 Å². The molecule has 0 aromatic heterocycles. The minimum atomic E-state index is -3.84. The lowest BCUT2D eigenvalue weighted by molar-refractivity contribution is -0.0387. The van der Waals surface area contributed by atoms with E-state index in [0.717, 1.165) is 6.26 Å².